The van der Waals surface area contributed by atoms with Crippen LogP contribution in [-0.2, 0) is 15.4 Å². The number of imidazole rings is 1. The number of anilines is 1. The molecule has 0 spiro atoms. The number of rotatable bonds is 7. The van der Waals surface area contributed by atoms with Crippen molar-refractivity contribution in [3.05, 3.63) is 23.5 Å². The predicted molar refractivity (Wildman–Crippen MR) is 133 cm³/mol. The largest absolute Gasteiger partial charge is 0.365 e. The maximum absolute atomic E-state index is 13.6. The summed E-state index contributed by atoms with van der Waals surface area (Å²) in [5.41, 5.74) is 0.209. The number of halogens is 2. The van der Waals surface area contributed by atoms with Gasteiger partial charge in [0.25, 0.3) is 6.43 Å². The third kappa shape index (κ3) is 4.09. The standard InChI is InChI=1S/C23H29F2N7O2S2/c1-13-10-31(11-14(2)27-13)16-8-15(36(33,34)30-22(3)4-5-22)12-32-17(9-26-18(16)32)19-28-29-21(35-19)23(6-7-23)20(24)25/h8-9,12-14,20,27,30H,4-7,10-11H2,1-3H3/t13-,14-/m0/s1. The number of hydrogen-bond acceptors (Lipinski definition) is 8. The average Bonchev–Trinajstić information content (AvgIpc) is 3.64. The predicted octanol–water partition coefficient (Wildman–Crippen LogP) is 3.17. The fourth-order valence-corrected chi connectivity index (χ4v) is 7.55. The average molecular weight is 538 g/mol. The molecule has 3 fully saturated rings. The van der Waals surface area contributed by atoms with E-state index in [9.17, 15) is 17.2 Å². The number of alkyl halides is 2. The summed E-state index contributed by atoms with van der Waals surface area (Å²) in [6.45, 7) is 7.46. The van der Waals surface area contributed by atoms with E-state index in [1.807, 2.05) is 6.92 Å². The van der Waals surface area contributed by atoms with Crippen molar-refractivity contribution in [2.45, 2.75) is 80.8 Å². The van der Waals surface area contributed by atoms with Crippen LogP contribution in [0, 0.1) is 0 Å². The molecule has 13 heteroatoms. The van der Waals surface area contributed by atoms with E-state index >= 15 is 0 Å². The van der Waals surface area contributed by atoms with E-state index < -0.39 is 27.4 Å². The third-order valence-corrected chi connectivity index (χ3v) is 10.2. The number of aromatic nitrogens is 4. The fraction of sp³-hybridized carbons (Fsp3) is 0.609. The highest BCUT2D eigenvalue weighted by atomic mass is 32.2. The van der Waals surface area contributed by atoms with Crippen molar-refractivity contribution in [1.29, 1.82) is 0 Å². The molecule has 2 atom stereocenters. The van der Waals surface area contributed by atoms with Crippen LogP contribution in [0.3, 0.4) is 0 Å². The molecule has 6 rings (SSSR count). The Bertz CT molecular complexity index is 1420. The highest BCUT2D eigenvalue weighted by Gasteiger charge is 2.55. The summed E-state index contributed by atoms with van der Waals surface area (Å²) in [5, 5.41) is 12.6. The van der Waals surface area contributed by atoms with Crippen molar-refractivity contribution in [3.63, 3.8) is 0 Å². The lowest BCUT2D eigenvalue weighted by atomic mass is 10.1. The zero-order valence-corrected chi connectivity index (χ0v) is 22.0. The van der Waals surface area contributed by atoms with Crippen molar-refractivity contribution >= 4 is 32.7 Å². The second kappa shape index (κ2) is 8.14. The Morgan fingerprint density at radius 1 is 1.17 bits per heavy atom. The lowest BCUT2D eigenvalue weighted by Crippen LogP contribution is -2.54. The van der Waals surface area contributed by atoms with E-state index in [0.29, 0.717) is 53.0 Å². The molecule has 2 saturated carbocycles. The van der Waals surface area contributed by atoms with Gasteiger partial charge in [-0.15, -0.1) is 10.2 Å². The molecule has 3 aliphatic rings. The van der Waals surface area contributed by atoms with Gasteiger partial charge in [0.05, 0.1) is 17.3 Å². The molecule has 194 valence electrons. The number of sulfonamides is 1. The Morgan fingerprint density at radius 3 is 2.47 bits per heavy atom. The van der Waals surface area contributed by atoms with E-state index in [2.05, 4.69) is 44.0 Å². The molecule has 0 radical (unpaired) electrons. The molecular formula is C23H29F2N7O2S2. The number of pyridine rings is 1. The molecule has 0 aromatic carbocycles. The molecule has 0 amide bonds. The van der Waals surface area contributed by atoms with Crippen LogP contribution < -0.4 is 14.9 Å². The molecule has 0 unspecified atom stereocenters. The summed E-state index contributed by atoms with van der Waals surface area (Å²) in [4.78, 5) is 6.91. The number of nitrogens with one attached hydrogen (secondary N) is 2. The van der Waals surface area contributed by atoms with Gasteiger partial charge in [0, 0.05) is 36.9 Å². The summed E-state index contributed by atoms with van der Waals surface area (Å²) in [6.07, 6.45) is 3.05. The van der Waals surface area contributed by atoms with Crippen LogP contribution in [0.2, 0.25) is 0 Å². The van der Waals surface area contributed by atoms with Gasteiger partial charge in [-0.25, -0.2) is 26.9 Å². The second-order valence-electron chi connectivity index (χ2n) is 10.8. The smallest absolute Gasteiger partial charge is 0.250 e. The van der Waals surface area contributed by atoms with Gasteiger partial charge in [0.2, 0.25) is 10.0 Å². The highest BCUT2D eigenvalue weighted by Crippen LogP contribution is 2.54. The van der Waals surface area contributed by atoms with Gasteiger partial charge in [-0.2, -0.15) is 0 Å². The van der Waals surface area contributed by atoms with E-state index in [0.717, 1.165) is 24.2 Å². The Balaban J connectivity index is 1.48. The molecule has 1 aliphatic heterocycles. The molecule has 3 aromatic rings. The van der Waals surface area contributed by atoms with Crippen molar-refractivity contribution in [2.24, 2.45) is 0 Å². The minimum atomic E-state index is -3.80. The second-order valence-corrected chi connectivity index (χ2v) is 13.5. The van der Waals surface area contributed by atoms with Crippen molar-refractivity contribution in [1.82, 2.24) is 29.6 Å². The van der Waals surface area contributed by atoms with Gasteiger partial charge >= 0.3 is 0 Å². The molecule has 4 heterocycles. The Labute approximate surface area is 212 Å². The van der Waals surface area contributed by atoms with Gasteiger partial charge in [0.1, 0.15) is 15.6 Å². The van der Waals surface area contributed by atoms with E-state index in [4.69, 9.17) is 0 Å². The summed E-state index contributed by atoms with van der Waals surface area (Å²) < 4.78 is 58.6. The molecule has 9 nitrogen and oxygen atoms in total. The molecule has 36 heavy (non-hydrogen) atoms. The summed E-state index contributed by atoms with van der Waals surface area (Å²) in [6, 6.07) is 2.11. The number of fused-ring (bicyclic) bond motifs is 1. The Hall–Kier alpha value is -2.22. The minimum Gasteiger partial charge on any atom is -0.365 e. The topological polar surface area (TPSA) is 105 Å². The first-order chi connectivity index (χ1) is 17.0. The lowest BCUT2D eigenvalue weighted by Gasteiger charge is -2.37. The Morgan fingerprint density at radius 2 is 1.86 bits per heavy atom. The lowest BCUT2D eigenvalue weighted by molar-refractivity contribution is 0.101. The van der Waals surface area contributed by atoms with Gasteiger partial charge in [-0.05, 0) is 52.5 Å². The molecule has 3 aromatic heterocycles. The molecule has 2 N–H and O–H groups in total. The zero-order valence-electron chi connectivity index (χ0n) is 20.3. The van der Waals surface area contributed by atoms with Crippen LogP contribution in [0.5, 0.6) is 0 Å². The van der Waals surface area contributed by atoms with Crippen LogP contribution in [0.25, 0.3) is 16.3 Å². The van der Waals surface area contributed by atoms with Gasteiger partial charge in [-0.3, -0.25) is 4.40 Å². The van der Waals surface area contributed by atoms with Crippen molar-refractivity contribution < 1.29 is 17.2 Å². The summed E-state index contributed by atoms with van der Waals surface area (Å²) >= 11 is 1.13. The quantitative estimate of drug-likeness (QED) is 0.477. The minimum absolute atomic E-state index is 0.132. The van der Waals surface area contributed by atoms with Crippen LogP contribution in [-0.4, -0.2) is 65.1 Å². The first-order valence-corrected chi connectivity index (χ1v) is 14.5. The number of piperazine rings is 1. The third-order valence-electron chi connectivity index (χ3n) is 7.43. The van der Waals surface area contributed by atoms with Crippen LogP contribution >= 0.6 is 11.3 Å². The van der Waals surface area contributed by atoms with E-state index in [1.165, 1.54) is 0 Å². The zero-order chi connectivity index (χ0) is 25.5. The molecule has 1 saturated heterocycles. The van der Waals surface area contributed by atoms with Crippen molar-refractivity contribution in [2.75, 3.05) is 18.0 Å². The van der Waals surface area contributed by atoms with Gasteiger partial charge in [-0.1, -0.05) is 11.3 Å². The maximum Gasteiger partial charge on any atom is 0.250 e. The fourth-order valence-electron chi connectivity index (χ4n) is 4.97. The molecular weight excluding hydrogens is 508 g/mol. The monoisotopic (exact) mass is 537 g/mol. The molecule has 0 bridgehead atoms. The van der Waals surface area contributed by atoms with Gasteiger partial charge < -0.3 is 10.2 Å². The van der Waals surface area contributed by atoms with Crippen LogP contribution in [0.4, 0.5) is 14.5 Å². The van der Waals surface area contributed by atoms with Crippen LogP contribution in [0.15, 0.2) is 23.4 Å². The molecule has 2 aliphatic carbocycles. The first kappa shape index (κ1) is 24.1. The normalized spacial score (nSPS) is 25.0. The summed E-state index contributed by atoms with van der Waals surface area (Å²) in [5.74, 6) is 0. The SMILES string of the molecule is C[C@H]1CN(c2cc(S(=O)(=O)NC3(C)CC3)cn3c(-c4nnc(C5(C(F)F)CC5)s4)cnc23)C[C@H](C)N1. The van der Waals surface area contributed by atoms with Crippen molar-refractivity contribution in [3.8, 4) is 10.7 Å². The number of hydrogen-bond donors (Lipinski definition) is 2. The van der Waals surface area contributed by atoms with Gasteiger partial charge in [0.15, 0.2) is 10.7 Å². The first-order valence-electron chi connectivity index (χ1n) is 12.2. The highest BCUT2D eigenvalue weighted by molar-refractivity contribution is 7.89. The van der Waals surface area contributed by atoms with E-state index in [-0.39, 0.29) is 17.0 Å². The van der Waals surface area contributed by atoms with Crippen LogP contribution in [0.1, 0.15) is 51.5 Å². The maximum atomic E-state index is 13.6. The van der Waals surface area contributed by atoms with E-state index in [1.54, 1.807) is 22.9 Å². The Kier molecular flexibility index (Phi) is 5.46. The summed E-state index contributed by atoms with van der Waals surface area (Å²) in [7, 11) is -3.80. The number of nitrogens with zero attached hydrogens (tertiary/aromatic N) is 5.